The van der Waals surface area contributed by atoms with Gasteiger partial charge in [0.05, 0.1) is 18.9 Å². The third-order valence-electron chi connectivity index (χ3n) is 4.76. The Morgan fingerprint density at radius 2 is 1.39 bits per heavy atom. The molecule has 0 heterocycles. The van der Waals surface area contributed by atoms with Crippen LogP contribution >= 0.6 is 11.8 Å². The number of carbonyl (C=O) groups excluding carboxylic acids is 3. The van der Waals surface area contributed by atoms with E-state index >= 15 is 0 Å². The van der Waals surface area contributed by atoms with Gasteiger partial charge in [0, 0.05) is 0 Å². The molecule has 0 saturated heterocycles. The molecule has 33 heavy (non-hydrogen) atoms. The molecule has 14 heteroatoms. The zero-order chi connectivity index (χ0) is 25.7. The Morgan fingerprint density at radius 1 is 0.848 bits per heavy atom. The summed E-state index contributed by atoms with van der Waals surface area (Å²) in [6.45, 7) is 3.33. The number of carbonyl (C=O) groups is 6. The van der Waals surface area contributed by atoms with Crippen LogP contribution in [0.2, 0.25) is 0 Å². The molecule has 0 radical (unpaired) electrons. The summed E-state index contributed by atoms with van der Waals surface area (Å²) in [6, 6.07) is -5.55. The minimum Gasteiger partial charge on any atom is -0.481 e. The number of nitrogens with two attached hydrogens (primary N) is 1. The van der Waals surface area contributed by atoms with Gasteiger partial charge in [0.1, 0.15) is 18.1 Å². The first kappa shape index (κ1) is 30.1. The molecule has 13 nitrogen and oxygen atoms in total. The van der Waals surface area contributed by atoms with E-state index in [0.717, 1.165) is 0 Å². The van der Waals surface area contributed by atoms with Gasteiger partial charge in [-0.05, 0) is 24.3 Å². The van der Waals surface area contributed by atoms with E-state index in [1.165, 1.54) is 11.8 Å². The van der Waals surface area contributed by atoms with Crippen molar-refractivity contribution in [1.82, 2.24) is 16.0 Å². The van der Waals surface area contributed by atoms with Crippen molar-refractivity contribution in [3.63, 3.8) is 0 Å². The van der Waals surface area contributed by atoms with Crippen LogP contribution in [0.25, 0.3) is 0 Å². The Morgan fingerprint density at radius 3 is 1.85 bits per heavy atom. The molecule has 0 aromatic rings. The van der Waals surface area contributed by atoms with E-state index in [1.54, 1.807) is 20.1 Å². The molecule has 0 aromatic heterocycles. The molecular weight excluding hydrogens is 460 g/mol. The Kier molecular flexibility index (Phi) is 13.7. The van der Waals surface area contributed by atoms with Crippen LogP contribution in [0.15, 0.2) is 0 Å². The minimum absolute atomic E-state index is 0.0863. The SMILES string of the molecule is CCC(C)C(NC(=O)C(N)CC(=O)O)C(=O)NC(CC(=O)O)C(=O)NC(CCSC)C(=O)O. The number of aliphatic carboxylic acids is 3. The third kappa shape index (κ3) is 11.5. The Balaban J connectivity index is 5.55. The van der Waals surface area contributed by atoms with Gasteiger partial charge in [-0.1, -0.05) is 20.3 Å². The highest BCUT2D eigenvalue weighted by Gasteiger charge is 2.33. The molecule has 0 aliphatic carbocycles. The Hall–Kier alpha value is -2.87. The molecule has 0 bridgehead atoms. The maximum absolute atomic E-state index is 12.8. The number of carboxylic acids is 3. The van der Waals surface area contributed by atoms with Gasteiger partial charge < -0.3 is 37.0 Å². The van der Waals surface area contributed by atoms with Crippen molar-refractivity contribution in [3.8, 4) is 0 Å². The van der Waals surface area contributed by atoms with E-state index in [2.05, 4.69) is 16.0 Å². The van der Waals surface area contributed by atoms with Gasteiger partial charge in [0.2, 0.25) is 17.7 Å². The highest BCUT2D eigenvalue weighted by atomic mass is 32.2. The fraction of sp³-hybridized carbons (Fsp3) is 0.684. The molecule has 0 fully saturated rings. The predicted octanol–water partition coefficient (Wildman–Crippen LogP) is -1.40. The van der Waals surface area contributed by atoms with Crippen LogP contribution < -0.4 is 21.7 Å². The van der Waals surface area contributed by atoms with Crippen LogP contribution in [0, 0.1) is 5.92 Å². The first-order valence-corrected chi connectivity index (χ1v) is 11.5. The Labute approximate surface area is 195 Å². The van der Waals surface area contributed by atoms with Crippen molar-refractivity contribution in [2.24, 2.45) is 11.7 Å². The molecule has 188 valence electrons. The van der Waals surface area contributed by atoms with Gasteiger partial charge in [0.25, 0.3) is 0 Å². The average Bonchev–Trinajstić information content (AvgIpc) is 2.72. The van der Waals surface area contributed by atoms with E-state index in [0.29, 0.717) is 12.2 Å². The number of rotatable bonds is 16. The van der Waals surface area contributed by atoms with E-state index in [1.807, 2.05) is 0 Å². The lowest BCUT2D eigenvalue weighted by Gasteiger charge is -2.27. The zero-order valence-corrected chi connectivity index (χ0v) is 19.5. The molecule has 0 aromatic carbocycles. The van der Waals surface area contributed by atoms with Crippen LogP contribution in [-0.2, 0) is 28.8 Å². The monoisotopic (exact) mass is 492 g/mol. The molecule has 3 amide bonds. The molecule has 0 rings (SSSR count). The predicted molar refractivity (Wildman–Crippen MR) is 118 cm³/mol. The second kappa shape index (κ2) is 15.1. The van der Waals surface area contributed by atoms with Crippen LogP contribution in [0.5, 0.6) is 0 Å². The smallest absolute Gasteiger partial charge is 0.326 e. The van der Waals surface area contributed by atoms with Crippen LogP contribution in [-0.4, -0.2) is 87.1 Å². The number of hydrogen-bond acceptors (Lipinski definition) is 8. The van der Waals surface area contributed by atoms with Gasteiger partial charge in [-0.2, -0.15) is 11.8 Å². The molecule has 8 N–H and O–H groups in total. The fourth-order valence-corrected chi connectivity index (χ4v) is 3.13. The number of hydrogen-bond donors (Lipinski definition) is 7. The number of amides is 3. The minimum atomic E-state index is -1.61. The van der Waals surface area contributed by atoms with Gasteiger partial charge in [-0.15, -0.1) is 0 Å². The van der Waals surface area contributed by atoms with Crippen molar-refractivity contribution in [1.29, 1.82) is 0 Å². The zero-order valence-electron chi connectivity index (χ0n) is 18.7. The molecule has 0 aliphatic heterocycles. The third-order valence-corrected chi connectivity index (χ3v) is 5.41. The summed E-state index contributed by atoms with van der Waals surface area (Å²) < 4.78 is 0. The highest BCUT2D eigenvalue weighted by molar-refractivity contribution is 7.98. The highest BCUT2D eigenvalue weighted by Crippen LogP contribution is 2.10. The second-order valence-electron chi connectivity index (χ2n) is 7.42. The lowest BCUT2D eigenvalue weighted by atomic mass is 9.97. The maximum atomic E-state index is 12.8. The number of carboxylic acid groups (broad SMARTS) is 3. The van der Waals surface area contributed by atoms with Gasteiger partial charge in [0.15, 0.2) is 0 Å². The lowest BCUT2D eigenvalue weighted by Crippen LogP contribution is -2.59. The number of nitrogens with one attached hydrogen (secondary N) is 3. The summed E-state index contributed by atoms with van der Waals surface area (Å²) in [6.07, 6.45) is 0.741. The molecule has 5 unspecified atom stereocenters. The van der Waals surface area contributed by atoms with Crippen molar-refractivity contribution < 1.29 is 44.1 Å². The molecule has 5 atom stereocenters. The van der Waals surface area contributed by atoms with E-state index in [4.69, 9.17) is 15.9 Å². The summed E-state index contributed by atoms with van der Waals surface area (Å²) in [5.41, 5.74) is 5.52. The van der Waals surface area contributed by atoms with Crippen molar-refractivity contribution in [3.05, 3.63) is 0 Å². The van der Waals surface area contributed by atoms with Crippen LogP contribution in [0.3, 0.4) is 0 Å². The van der Waals surface area contributed by atoms with E-state index < -0.39 is 78.6 Å². The standard InChI is InChI=1S/C19H32N4O9S/c1-4-9(2)15(23-16(28)10(20)7-13(24)25)18(30)22-12(8-14(26)27)17(29)21-11(19(31)32)5-6-33-3/h9-12,15H,4-8,20H2,1-3H3,(H,21,29)(H,22,30)(H,23,28)(H,24,25)(H,26,27)(H,31,32). The summed E-state index contributed by atoms with van der Waals surface area (Å²) >= 11 is 1.36. The summed E-state index contributed by atoms with van der Waals surface area (Å²) in [5, 5.41) is 34.0. The second-order valence-corrected chi connectivity index (χ2v) is 8.40. The first-order valence-electron chi connectivity index (χ1n) is 10.2. The largest absolute Gasteiger partial charge is 0.481 e. The van der Waals surface area contributed by atoms with Gasteiger partial charge in [-0.3, -0.25) is 24.0 Å². The maximum Gasteiger partial charge on any atom is 0.326 e. The Bertz CT molecular complexity index is 734. The molecule has 0 aliphatic rings. The topological polar surface area (TPSA) is 225 Å². The van der Waals surface area contributed by atoms with Gasteiger partial charge >= 0.3 is 17.9 Å². The first-order chi connectivity index (χ1) is 15.3. The lowest BCUT2D eigenvalue weighted by molar-refractivity contribution is -0.143. The van der Waals surface area contributed by atoms with Crippen molar-refractivity contribution in [2.75, 3.05) is 12.0 Å². The normalized spacial score (nSPS) is 15.3. The summed E-state index contributed by atoms with van der Waals surface area (Å²) in [5.74, 6) is -6.89. The average molecular weight is 493 g/mol. The van der Waals surface area contributed by atoms with E-state index in [9.17, 15) is 33.9 Å². The van der Waals surface area contributed by atoms with Crippen LogP contribution in [0.1, 0.15) is 39.5 Å². The van der Waals surface area contributed by atoms with Crippen molar-refractivity contribution in [2.45, 2.75) is 63.7 Å². The molecule has 0 spiro atoms. The van der Waals surface area contributed by atoms with Crippen LogP contribution in [0.4, 0.5) is 0 Å². The van der Waals surface area contributed by atoms with Gasteiger partial charge in [-0.25, -0.2) is 4.79 Å². The van der Waals surface area contributed by atoms with Crippen molar-refractivity contribution >= 4 is 47.4 Å². The quantitative estimate of drug-likeness (QED) is 0.133. The summed E-state index contributed by atoms with van der Waals surface area (Å²) in [7, 11) is 0. The fourth-order valence-electron chi connectivity index (χ4n) is 2.65. The van der Waals surface area contributed by atoms with E-state index in [-0.39, 0.29) is 6.42 Å². The molecule has 0 saturated carbocycles. The summed E-state index contributed by atoms with van der Waals surface area (Å²) in [4.78, 5) is 71.0. The molecular formula is C19H32N4O9S. The number of thioether (sulfide) groups is 1.